The van der Waals surface area contributed by atoms with Crippen molar-refractivity contribution in [1.82, 2.24) is 10.2 Å². The molecular weight excluding hydrogens is 320 g/mol. The molecule has 2 aromatic heterocycles. The number of hydrogen-bond acceptors (Lipinski definition) is 7. The lowest BCUT2D eigenvalue weighted by atomic mass is 10.1. The van der Waals surface area contributed by atoms with Gasteiger partial charge in [0.15, 0.2) is 17.2 Å². The first-order valence-electron chi connectivity index (χ1n) is 8.75. The summed E-state index contributed by atoms with van der Waals surface area (Å²) in [6.07, 6.45) is 0. The summed E-state index contributed by atoms with van der Waals surface area (Å²) < 4.78 is 17.2. The Morgan fingerprint density at radius 1 is 0.760 bits per heavy atom. The van der Waals surface area contributed by atoms with Crippen molar-refractivity contribution in [2.75, 3.05) is 62.4 Å². The number of benzene rings is 1. The Labute approximate surface area is 145 Å². The van der Waals surface area contributed by atoms with E-state index in [0.29, 0.717) is 26.4 Å². The van der Waals surface area contributed by atoms with Crippen molar-refractivity contribution in [3.05, 3.63) is 24.3 Å². The van der Waals surface area contributed by atoms with Crippen molar-refractivity contribution in [2.45, 2.75) is 0 Å². The van der Waals surface area contributed by atoms with Crippen molar-refractivity contribution in [2.24, 2.45) is 0 Å². The molecule has 7 heteroatoms. The van der Waals surface area contributed by atoms with Crippen LogP contribution in [0.5, 0.6) is 0 Å². The van der Waals surface area contributed by atoms with E-state index >= 15 is 0 Å². The van der Waals surface area contributed by atoms with Gasteiger partial charge in [0.25, 0.3) is 0 Å². The molecule has 7 nitrogen and oxygen atoms in total. The highest BCUT2D eigenvalue weighted by Crippen LogP contribution is 2.38. The third-order valence-corrected chi connectivity index (χ3v) is 4.88. The lowest BCUT2D eigenvalue weighted by Crippen LogP contribution is -2.38. The standard InChI is InChI=1S/C18H20N4O3/c1-2-4-14-13(3-1)15-16(25-14)18(22-7-11-24-12-8-22)20-19-17(15)21-5-9-23-10-6-21/h1-4H,5-12H2. The molecule has 0 atom stereocenters. The third-order valence-electron chi connectivity index (χ3n) is 4.88. The van der Waals surface area contributed by atoms with E-state index in [4.69, 9.17) is 13.9 Å². The molecule has 3 aromatic rings. The zero-order chi connectivity index (χ0) is 16.6. The number of hydrogen-bond donors (Lipinski definition) is 0. The normalized spacial score (nSPS) is 19.0. The fourth-order valence-corrected chi connectivity index (χ4v) is 3.59. The van der Waals surface area contributed by atoms with E-state index in [9.17, 15) is 0 Å². The minimum atomic E-state index is 0.703. The van der Waals surface area contributed by atoms with E-state index in [-0.39, 0.29) is 0 Å². The van der Waals surface area contributed by atoms with E-state index in [2.05, 4.69) is 26.1 Å². The van der Waals surface area contributed by atoms with Crippen molar-refractivity contribution in [1.29, 1.82) is 0 Å². The predicted molar refractivity (Wildman–Crippen MR) is 95.4 cm³/mol. The monoisotopic (exact) mass is 340 g/mol. The van der Waals surface area contributed by atoms with Gasteiger partial charge >= 0.3 is 0 Å². The number of ether oxygens (including phenoxy) is 2. The minimum absolute atomic E-state index is 0.703. The van der Waals surface area contributed by atoms with Crippen LogP contribution in [0.25, 0.3) is 21.9 Å². The highest BCUT2D eigenvalue weighted by atomic mass is 16.5. The van der Waals surface area contributed by atoms with Crippen LogP contribution in [-0.2, 0) is 9.47 Å². The van der Waals surface area contributed by atoms with Crippen LogP contribution in [0.4, 0.5) is 11.6 Å². The van der Waals surface area contributed by atoms with Crippen LogP contribution < -0.4 is 9.80 Å². The quantitative estimate of drug-likeness (QED) is 0.707. The average molecular weight is 340 g/mol. The van der Waals surface area contributed by atoms with Gasteiger partial charge in [0.1, 0.15) is 5.58 Å². The highest BCUT2D eigenvalue weighted by Gasteiger charge is 2.25. The Morgan fingerprint density at radius 3 is 2.08 bits per heavy atom. The Kier molecular flexibility index (Phi) is 3.68. The zero-order valence-corrected chi connectivity index (χ0v) is 14.0. The minimum Gasteiger partial charge on any atom is -0.452 e. The number of para-hydroxylation sites is 1. The molecule has 0 saturated carbocycles. The molecule has 0 N–H and O–H groups in total. The summed E-state index contributed by atoms with van der Waals surface area (Å²) in [5.74, 6) is 1.70. The fourth-order valence-electron chi connectivity index (χ4n) is 3.59. The van der Waals surface area contributed by atoms with Crippen LogP contribution in [0.1, 0.15) is 0 Å². The summed E-state index contributed by atoms with van der Waals surface area (Å²) in [6.45, 7) is 6.08. The zero-order valence-electron chi connectivity index (χ0n) is 14.0. The van der Waals surface area contributed by atoms with Crippen molar-refractivity contribution in [3.63, 3.8) is 0 Å². The summed E-state index contributed by atoms with van der Waals surface area (Å²) in [7, 11) is 0. The molecule has 2 saturated heterocycles. The molecule has 0 unspecified atom stereocenters. The molecule has 5 rings (SSSR count). The number of morpholine rings is 2. The summed E-state index contributed by atoms with van der Waals surface area (Å²) >= 11 is 0. The van der Waals surface area contributed by atoms with E-state index < -0.39 is 0 Å². The van der Waals surface area contributed by atoms with E-state index in [1.165, 1.54) is 0 Å². The molecule has 0 amide bonds. The van der Waals surface area contributed by atoms with Crippen LogP contribution in [0.15, 0.2) is 28.7 Å². The Balaban J connectivity index is 1.72. The van der Waals surface area contributed by atoms with Gasteiger partial charge in [-0.2, -0.15) is 0 Å². The van der Waals surface area contributed by atoms with Crippen molar-refractivity contribution >= 4 is 33.6 Å². The van der Waals surface area contributed by atoms with Crippen LogP contribution in [0, 0.1) is 0 Å². The molecule has 25 heavy (non-hydrogen) atoms. The number of rotatable bonds is 2. The molecule has 0 spiro atoms. The van der Waals surface area contributed by atoms with E-state index in [1.54, 1.807) is 0 Å². The van der Waals surface area contributed by atoms with Gasteiger partial charge in [-0.15, -0.1) is 10.2 Å². The van der Waals surface area contributed by atoms with Gasteiger partial charge < -0.3 is 23.7 Å². The van der Waals surface area contributed by atoms with Crippen molar-refractivity contribution in [3.8, 4) is 0 Å². The second kappa shape index (κ2) is 6.16. The molecule has 0 aliphatic carbocycles. The topological polar surface area (TPSA) is 63.9 Å². The molecule has 0 radical (unpaired) electrons. The van der Waals surface area contributed by atoms with Crippen LogP contribution in [0.2, 0.25) is 0 Å². The number of aromatic nitrogens is 2. The van der Waals surface area contributed by atoms with Gasteiger partial charge in [-0.1, -0.05) is 18.2 Å². The fraction of sp³-hybridized carbons (Fsp3) is 0.444. The lowest BCUT2D eigenvalue weighted by molar-refractivity contribution is 0.122. The van der Waals surface area contributed by atoms with Gasteiger partial charge in [-0.05, 0) is 6.07 Å². The lowest BCUT2D eigenvalue weighted by Gasteiger charge is -2.30. The van der Waals surface area contributed by atoms with Gasteiger partial charge in [0.2, 0.25) is 0 Å². The second-order valence-electron chi connectivity index (χ2n) is 6.35. The smallest absolute Gasteiger partial charge is 0.195 e. The van der Waals surface area contributed by atoms with Gasteiger partial charge in [0.05, 0.1) is 31.8 Å². The number of furan rings is 1. The van der Waals surface area contributed by atoms with Crippen LogP contribution >= 0.6 is 0 Å². The molecule has 4 heterocycles. The number of anilines is 2. The van der Waals surface area contributed by atoms with Crippen molar-refractivity contribution < 1.29 is 13.9 Å². The Bertz CT molecular complexity index is 898. The van der Waals surface area contributed by atoms with Gasteiger partial charge in [-0.3, -0.25) is 0 Å². The maximum absolute atomic E-state index is 6.23. The van der Waals surface area contributed by atoms with Gasteiger partial charge in [0, 0.05) is 31.6 Å². The highest BCUT2D eigenvalue weighted by molar-refractivity contribution is 6.13. The van der Waals surface area contributed by atoms with Crippen LogP contribution in [0.3, 0.4) is 0 Å². The second-order valence-corrected chi connectivity index (χ2v) is 6.35. The first-order valence-corrected chi connectivity index (χ1v) is 8.75. The summed E-state index contributed by atoms with van der Waals surface area (Å²) in [5.41, 5.74) is 1.69. The predicted octanol–water partition coefficient (Wildman–Crippen LogP) is 2.05. The van der Waals surface area contributed by atoms with E-state index in [1.807, 2.05) is 18.2 Å². The summed E-state index contributed by atoms with van der Waals surface area (Å²) in [6, 6.07) is 8.13. The Morgan fingerprint density at radius 2 is 1.36 bits per heavy atom. The average Bonchev–Trinajstić information content (AvgIpc) is 3.08. The summed E-state index contributed by atoms with van der Waals surface area (Å²) in [5, 5.41) is 11.3. The molecular formula is C18H20N4O3. The summed E-state index contributed by atoms with van der Waals surface area (Å²) in [4.78, 5) is 4.44. The SMILES string of the molecule is c1ccc2c(c1)oc1c(N3CCOCC3)nnc(N3CCOCC3)c12. The Hall–Kier alpha value is -2.38. The van der Waals surface area contributed by atoms with Gasteiger partial charge in [-0.25, -0.2) is 0 Å². The molecule has 2 fully saturated rings. The molecule has 0 bridgehead atoms. The number of fused-ring (bicyclic) bond motifs is 3. The molecule has 2 aliphatic rings. The maximum atomic E-state index is 6.23. The first kappa shape index (κ1) is 14.9. The molecule has 1 aromatic carbocycles. The largest absolute Gasteiger partial charge is 0.452 e. The number of nitrogens with zero attached hydrogens (tertiary/aromatic N) is 4. The third kappa shape index (κ3) is 2.51. The van der Waals surface area contributed by atoms with E-state index in [0.717, 1.165) is 59.8 Å². The van der Waals surface area contributed by atoms with Crippen LogP contribution in [-0.4, -0.2) is 62.8 Å². The molecule has 2 aliphatic heterocycles. The first-order chi connectivity index (χ1) is 12.4. The molecule has 130 valence electrons. The maximum Gasteiger partial charge on any atom is 0.195 e.